The maximum Gasteiger partial charge on any atom is 0.237 e. The van der Waals surface area contributed by atoms with Gasteiger partial charge in [0.05, 0.1) is 22.8 Å². The van der Waals surface area contributed by atoms with Crippen molar-refractivity contribution in [2.75, 3.05) is 10.2 Å². The maximum absolute atomic E-state index is 14.0. The van der Waals surface area contributed by atoms with Crippen molar-refractivity contribution in [3.05, 3.63) is 64.7 Å². The number of thioether (sulfide) groups is 1. The van der Waals surface area contributed by atoms with E-state index in [4.69, 9.17) is 5.41 Å². The van der Waals surface area contributed by atoms with E-state index in [1.54, 1.807) is 0 Å². The Morgan fingerprint density at radius 2 is 1.96 bits per heavy atom. The highest BCUT2D eigenvalue weighted by Gasteiger charge is 2.37. The molecule has 4 nitrogen and oxygen atoms in total. The van der Waals surface area contributed by atoms with Crippen LogP contribution in [0, 0.1) is 17.0 Å². The van der Waals surface area contributed by atoms with Crippen LogP contribution >= 0.6 is 11.8 Å². The fourth-order valence-corrected chi connectivity index (χ4v) is 3.78. The molecule has 2 N–H and O–H groups in total. The molecule has 0 saturated carbocycles. The van der Waals surface area contributed by atoms with Crippen LogP contribution in [0.2, 0.25) is 0 Å². The Labute approximate surface area is 140 Å². The molecule has 0 aromatic heterocycles. The summed E-state index contributed by atoms with van der Waals surface area (Å²) in [4.78, 5) is 14.3. The fourth-order valence-electron chi connectivity index (χ4n) is 2.73. The topological polar surface area (TPSA) is 56.2 Å². The van der Waals surface area contributed by atoms with Crippen LogP contribution in [-0.2, 0) is 4.79 Å². The van der Waals surface area contributed by atoms with E-state index in [0.29, 0.717) is 16.7 Å². The van der Waals surface area contributed by atoms with E-state index in [1.807, 2.05) is 24.3 Å². The molecule has 0 bridgehead atoms. The summed E-state index contributed by atoms with van der Waals surface area (Å²) in [5, 5.41) is 12.2. The average Bonchev–Trinajstić information content (AvgIpc) is 3.09. The van der Waals surface area contributed by atoms with Gasteiger partial charge in [0.2, 0.25) is 5.91 Å². The number of anilines is 2. The molecule has 2 aromatic rings. The lowest BCUT2D eigenvalue weighted by molar-refractivity contribution is -0.116. The number of nitrogens with zero attached hydrogens (tertiary/aromatic N) is 1. The number of hydrogen-bond acceptors (Lipinski definition) is 4. The molecule has 1 amide bonds. The largest absolute Gasteiger partial charge is 0.349 e. The quantitative estimate of drug-likeness (QED) is 0.819. The monoisotopic (exact) mass is 343 g/mol. The van der Waals surface area contributed by atoms with Gasteiger partial charge in [0, 0.05) is 16.5 Å². The van der Waals surface area contributed by atoms with Crippen LogP contribution in [0.1, 0.15) is 6.42 Å². The summed E-state index contributed by atoms with van der Waals surface area (Å²) in [7, 11) is 0. The first-order valence-electron chi connectivity index (χ1n) is 7.18. The predicted molar refractivity (Wildman–Crippen MR) is 89.1 cm³/mol. The van der Waals surface area contributed by atoms with Crippen LogP contribution in [-0.4, -0.2) is 11.7 Å². The third kappa shape index (κ3) is 2.28. The van der Waals surface area contributed by atoms with Gasteiger partial charge in [0.15, 0.2) is 0 Å². The standard InChI is InChI=1S/C17H11F2N3OS/c18-9-5-6-13(11(19)7-9)22-15(23)8-10(16(22)20)17-21-12-3-1-2-4-14(12)24-17/h1-7,20-21H,8H2/b17-10+,20-16?. The lowest BCUT2D eigenvalue weighted by atomic mass is 10.2. The molecule has 0 aliphatic carbocycles. The molecule has 0 spiro atoms. The molecule has 2 aliphatic heterocycles. The maximum atomic E-state index is 14.0. The SMILES string of the molecule is N=C1/C(=C2\Nc3ccccc3S2)CC(=O)N1c1ccc(F)cc1F. The second-order valence-electron chi connectivity index (χ2n) is 5.38. The first-order valence-corrected chi connectivity index (χ1v) is 8.00. The van der Waals surface area contributed by atoms with Gasteiger partial charge in [-0.05, 0) is 24.3 Å². The van der Waals surface area contributed by atoms with Gasteiger partial charge in [-0.15, -0.1) is 0 Å². The number of nitrogens with one attached hydrogen (secondary N) is 2. The van der Waals surface area contributed by atoms with Crippen molar-refractivity contribution in [3.63, 3.8) is 0 Å². The first-order chi connectivity index (χ1) is 11.5. The number of carbonyl (C=O) groups is 1. The lowest BCUT2D eigenvalue weighted by Gasteiger charge is -2.16. The van der Waals surface area contributed by atoms with Crippen LogP contribution < -0.4 is 10.2 Å². The average molecular weight is 343 g/mol. The molecular formula is C17H11F2N3OS. The summed E-state index contributed by atoms with van der Waals surface area (Å²) in [5.41, 5.74) is 1.31. The highest BCUT2D eigenvalue weighted by Crippen LogP contribution is 2.44. The molecule has 2 heterocycles. The molecule has 2 aromatic carbocycles. The van der Waals surface area contributed by atoms with Crippen LogP contribution in [0.5, 0.6) is 0 Å². The third-order valence-corrected chi connectivity index (χ3v) is 4.99. The molecule has 2 aliphatic rings. The van der Waals surface area contributed by atoms with E-state index in [9.17, 15) is 13.6 Å². The number of amides is 1. The second-order valence-corrected chi connectivity index (χ2v) is 6.43. The van der Waals surface area contributed by atoms with Crippen molar-refractivity contribution >= 4 is 34.9 Å². The molecule has 0 radical (unpaired) electrons. The third-order valence-electron chi connectivity index (χ3n) is 3.86. The zero-order valence-corrected chi connectivity index (χ0v) is 13.1. The number of hydrogen-bond donors (Lipinski definition) is 2. The summed E-state index contributed by atoms with van der Waals surface area (Å²) in [5.74, 6) is -2.09. The van der Waals surface area contributed by atoms with E-state index < -0.39 is 17.5 Å². The van der Waals surface area contributed by atoms with E-state index >= 15 is 0 Å². The van der Waals surface area contributed by atoms with Crippen molar-refractivity contribution in [2.24, 2.45) is 0 Å². The van der Waals surface area contributed by atoms with Gasteiger partial charge in [0.1, 0.15) is 17.5 Å². The van der Waals surface area contributed by atoms with E-state index in [1.165, 1.54) is 17.8 Å². The van der Waals surface area contributed by atoms with Gasteiger partial charge in [-0.25, -0.2) is 8.78 Å². The number of amidine groups is 1. The van der Waals surface area contributed by atoms with Crippen LogP contribution in [0.15, 0.2) is 58.0 Å². The number of fused-ring (bicyclic) bond motifs is 1. The number of para-hydroxylation sites is 1. The Bertz CT molecular complexity index is 899. The number of carbonyl (C=O) groups excluding carboxylic acids is 1. The number of halogens is 2. The van der Waals surface area contributed by atoms with Gasteiger partial charge >= 0.3 is 0 Å². The highest BCUT2D eigenvalue weighted by atomic mass is 32.2. The molecule has 0 atom stereocenters. The van der Waals surface area contributed by atoms with Crippen molar-refractivity contribution < 1.29 is 13.6 Å². The van der Waals surface area contributed by atoms with Crippen LogP contribution in [0.3, 0.4) is 0 Å². The number of rotatable bonds is 1. The molecule has 24 heavy (non-hydrogen) atoms. The van der Waals surface area contributed by atoms with E-state index in [0.717, 1.165) is 21.5 Å². The van der Waals surface area contributed by atoms with Crippen molar-refractivity contribution in [3.8, 4) is 0 Å². The van der Waals surface area contributed by atoms with Crippen molar-refractivity contribution in [1.29, 1.82) is 5.41 Å². The Morgan fingerprint density at radius 1 is 1.17 bits per heavy atom. The number of benzene rings is 2. The van der Waals surface area contributed by atoms with Gasteiger partial charge in [0.25, 0.3) is 0 Å². The van der Waals surface area contributed by atoms with Crippen molar-refractivity contribution in [1.82, 2.24) is 0 Å². The van der Waals surface area contributed by atoms with Gasteiger partial charge in [-0.2, -0.15) is 0 Å². The van der Waals surface area contributed by atoms with Gasteiger partial charge in [-0.3, -0.25) is 15.1 Å². The Hall–Kier alpha value is -2.67. The second kappa shape index (κ2) is 5.45. The molecule has 120 valence electrons. The van der Waals surface area contributed by atoms with Gasteiger partial charge in [-0.1, -0.05) is 23.9 Å². The van der Waals surface area contributed by atoms with Crippen LogP contribution in [0.4, 0.5) is 20.2 Å². The predicted octanol–water partition coefficient (Wildman–Crippen LogP) is 4.11. The van der Waals surface area contributed by atoms with Gasteiger partial charge < -0.3 is 5.32 Å². The Balaban J connectivity index is 1.71. The summed E-state index contributed by atoms with van der Waals surface area (Å²) < 4.78 is 27.1. The molecule has 1 saturated heterocycles. The van der Waals surface area contributed by atoms with Crippen LogP contribution in [0.25, 0.3) is 0 Å². The Kier molecular flexibility index (Phi) is 3.38. The molecule has 1 fully saturated rings. The van der Waals surface area contributed by atoms with Crippen molar-refractivity contribution in [2.45, 2.75) is 11.3 Å². The lowest BCUT2D eigenvalue weighted by Crippen LogP contribution is -2.29. The first kappa shape index (κ1) is 14.9. The minimum atomic E-state index is -0.866. The minimum absolute atomic E-state index is 0.00102. The summed E-state index contributed by atoms with van der Waals surface area (Å²) in [6, 6.07) is 10.6. The normalized spacial score (nSPS) is 19.7. The summed E-state index contributed by atoms with van der Waals surface area (Å²) in [6.07, 6.45) is -0.00102. The van der Waals surface area contributed by atoms with E-state index in [2.05, 4.69) is 5.32 Å². The highest BCUT2D eigenvalue weighted by molar-refractivity contribution is 8.03. The molecule has 4 rings (SSSR count). The molecule has 0 unspecified atom stereocenters. The van der Waals surface area contributed by atoms with E-state index in [-0.39, 0.29) is 17.9 Å². The zero-order valence-electron chi connectivity index (χ0n) is 12.3. The fraction of sp³-hybridized carbons (Fsp3) is 0.0588. The summed E-state index contributed by atoms with van der Waals surface area (Å²) in [6.45, 7) is 0. The smallest absolute Gasteiger partial charge is 0.237 e. The minimum Gasteiger partial charge on any atom is -0.349 e. The molecule has 7 heteroatoms. The molecular weight excluding hydrogens is 332 g/mol. The zero-order chi connectivity index (χ0) is 16.8. The summed E-state index contributed by atoms with van der Waals surface area (Å²) >= 11 is 1.44. The Morgan fingerprint density at radius 3 is 2.71 bits per heavy atom.